The summed E-state index contributed by atoms with van der Waals surface area (Å²) in [5, 5.41) is 0. The first-order valence-electron chi connectivity index (χ1n) is 7.48. The molecular formula is C17H17F3N2O3S. The summed E-state index contributed by atoms with van der Waals surface area (Å²) in [6, 6.07) is 9.54. The smallest absolute Gasteiger partial charge is 0.349 e. The topological polar surface area (TPSA) is 66.5 Å². The number of carbonyl (C=O) groups is 1. The zero-order valence-electron chi connectivity index (χ0n) is 14.0. The lowest BCUT2D eigenvalue weighted by atomic mass is 10.1. The summed E-state index contributed by atoms with van der Waals surface area (Å²) in [6.45, 7) is 0. The van der Waals surface area contributed by atoms with Crippen LogP contribution >= 0.6 is 0 Å². The zero-order chi connectivity index (χ0) is 19.5. The molecule has 5 nitrogen and oxygen atoms in total. The van der Waals surface area contributed by atoms with E-state index in [1.807, 2.05) is 0 Å². The average Bonchev–Trinajstić information content (AvgIpc) is 2.55. The van der Waals surface area contributed by atoms with E-state index in [9.17, 15) is 26.4 Å². The second-order valence-corrected chi connectivity index (χ2v) is 7.48. The van der Waals surface area contributed by atoms with Gasteiger partial charge in [-0.2, -0.15) is 13.2 Å². The Balaban J connectivity index is 2.18. The van der Waals surface area contributed by atoms with Gasteiger partial charge in [0.05, 0.1) is 16.9 Å². The molecule has 140 valence electrons. The molecule has 2 aromatic carbocycles. The Morgan fingerprint density at radius 3 is 2.23 bits per heavy atom. The fourth-order valence-electron chi connectivity index (χ4n) is 2.08. The SMILES string of the molecule is CN(C)C(=O)Cc1ccc(NS(=O)(=O)c2cccc(C(F)(F)F)c2)cc1. The number of anilines is 1. The first-order chi connectivity index (χ1) is 12.0. The number of hydrogen-bond donors (Lipinski definition) is 1. The summed E-state index contributed by atoms with van der Waals surface area (Å²) in [6.07, 6.45) is -4.47. The molecule has 26 heavy (non-hydrogen) atoms. The maximum absolute atomic E-state index is 12.7. The van der Waals surface area contributed by atoms with Crippen LogP contribution in [0.1, 0.15) is 11.1 Å². The standard InChI is InChI=1S/C17H17F3N2O3S/c1-22(2)16(23)10-12-6-8-14(9-7-12)21-26(24,25)15-5-3-4-13(11-15)17(18,19)20/h3-9,11,21H,10H2,1-2H3. The van der Waals surface area contributed by atoms with Crippen molar-refractivity contribution in [2.75, 3.05) is 18.8 Å². The first-order valence-corrected chi connectivity index (χ1v) is 8.96. The van der Waals surface area contributed by atoms with Crippen LogP contribution in [-0.2, 0) is 27.4 Å². The molecule has 0 bridgehead atoms. The van der Waals surface area contributed by atoms with Gasteiger partial charge in [-0.15, -0.1) is 0 Å². The van der Waals surface area contributed by atoms with E-state index in [1.54, 1.807) is 26.2 Å². The van der Waals surface area contributed by atoms with Crippen LogP contribution < -0.4 is 4.72 Å². The Bertz CT molecular complexity index is 892. The molecule has 0 spiro atoms. The molecule has 1 N–H and O–H groups in total. The highest BCUT2D eigenvalue weighted by Gasteiger charge is 2.31. The summed E-state index contributed by atoms with van der Waals surface area (Å²) in [7, 11) is -0.921. The van der Waals surface area contributed by atoms with Crippen LogP contribution in [0, 0.1) is 0 Å². The van der Waals surface area contributed by atoms with Gasteiger partial charge >= 0.3 is 6.18 Å². The molecule has 2 rings (SSSR count). The Morgan fingerprint density at radius 1 is 1.08 bits per heavy atom. The molecule has 0 aliphatic heterocycles. The van der Waals surface area contributed by atoms with Gasteiger partial charge in [0.2, 0.25) is 5.91 Å². The lowest BCUT2D eigenvalue weighted by Crippen LogP contribution is -2.23. The number of sulfonamides is 1. The monoisotopic (exact) mass is 386 g/mol. The third kappa shape index (κ3) is 4.98. The maximum Gasteiger partial charge on any atom is 0.416 e. The molecule has 0 aliphatic rings. The molecule has 0 radical (unpaired) electrons. The van der Waals surface area contributed by atoms with Crippen LogP contribution in [0.2, 0.25) is 0 Å². The van der Waals surface area contributed by atoms with Gasteiger partial charge in [-0.25, -0.2) is 8.42 Å². The van der Waals surface area contributed by atoms with Crippen molar-refractivity contribution in [3.05, 3.63) is 59.7 Å². The van der Waals surface area contributed by atoms with Gasteiger partial charge in [0, 0.05) is 19.8 Å². The summed E-state index contributed by atoms with van der Waals surface area (Å²) in [5.74, 6) is -0.109. The summed E-state index contributed by atoms with van der Waals surface area (Å²) in [5.41, 5.74) is -0.174. The molecule has 2 aromatic rings. The summed E-state index contributed by atoms with van der Waals surface area (Å²) >= 11 is 0. The van der Waals surface area contributed by atoms with Gasteiger partial charge in [-0.05, 0) is 35.9 Å². The predicted molar refractivity (Wildman–Crippen MR) is 91.1 cm³/mol. The fourth-order valence-corrected chi connectivity index (χ4v) is 3.18. The number of carbonyl (C=O) groups excluding carboxylic acids is 1. The quantitative estimate of drug-likeness (QED) is 0.859. The van der Waals surface area contributed by atoms with Crippen molar-refractivity contribution < 1.29 is 26.4 Å². The van der Waals surface area contributed by atoms with Gasteiger partial charge in [0.25, 0.3) is 10.0 Å². The molecular weight excluding hydrogens is 369 g/mol. The summed E-state index contributed by atoms with van der Waals surface area (Å²) in [4.78, 5) is 12.6. The van der Waals surface area contributed by atoms with Crippen molar-refractivity contribution >= 4 is 21.6 Å². The van der Waals surface area contributed by atoms with Crippen molar-refractivity contribution in [3.8, 4) is 0 Å². The van der Waals surface area contributed by atoms with Crippen molar-refractivity contribution in [2.45, 2.75) is 17.5 Å². The highest BCUT2D eigenvalue weighted by molar-refractivity contribution is 7.92. The van der Waals surface area contributed by atoms with Crippen molar-refractivity contribution in [3.63, 3.8) is 0 Å². The number of rotatable bonds is 5. The molecule has 0 fully saturated rings. The van der Waals surface area contributed by atoms with E-state index in [1.165, 1.54) is 17.0 Å². The molecule has 0 heterocycles. The Hall–Kier alpha value is -2.55. The highest BCUT2D eigenvalue weighted by Crippen LogP contribution is 2.30. The lowest BCUT2D eigenvalue weighted by Gasteiger charge is -2.12. The maximum atomic E-state index is 12.7. The van der Waals surface area contributed by atoms with Crippen LogP contribution in [0.5, 0.6) is 0 Å². The molecule has 0 unspecified atom stereocenters. The van der Waals surface area contributed by atoms with E-state index in [-0.39, 0.29) is 18.0 Å². The van der Waals surface area contributed by atoms with Gasteiger partial charge in [-0.1, -0.05) is 18.2 Å². The van der Waals surface area contributed by atoms with Crippen LogP contribution in [-0.4, -0.2) is 33.3 Å². The molecule has 1 amide bonds. The van der Waals surface area contributed by atoms with E-state index < -0.39 is 26.7 Å². The number of nitrogens with zero attached hydrogens (tertiary/aromatic N) is 1. The number of benzene rings is 2. The minimum Gasteiger partial charge on any atom is -0.349 e. The number of nitrogens with one attached hydrogen (secondary N) is 1. The Kier molecular flexibility index (Phi) is 5.60. The normalized spacial score (nSPS) is 11.9. The van der Waals surface area contributed by atoms with Crippen LogP contribution in [0.4, 0.5) is 18.9 Å². The lowest BCUT2D eigenvalue weighted by molar-refractivity contribution is -0.137. The molecule has 0 atom stereocenters. The molecule has 9 heteroatoms. The zero-order valence-corrected chi connectivity index (χ0v) is 14.9. The Labute approximate surface area is 149 Å². The second kappa shape index (κ2) is 7.36. The van der Waals surface area contributed by atoms with Gasteiger partial charge in [0.1, 0.15) is 0 Å². The predicted octanol–water partition coefficient (Wildman–Crippen LogP) is 3.14. The molecule has 0 saturated carbocycles. The summed E-state index contributed by atoms with van der Waals surface area (Å²) < 4.78 is 65.0. The van der Waals surface area contributed by atoms with Crippen LogP contribution in [0.15, 0.2) is 53.4 Å². The molecule has 0 aliphatic carbocycles. The van der Waals surface area contributed by atoms with Crippen molar-refractivity contribution in [2.24, 2.45) is 0 Å². The van der Waals surface area contributed by atoms with Gasteiger partial charge in [0.15, 0.2) is 0 Å². The largest absolute Gasteiger partial charge is 0.416 e. The Morgan fingerprint density at radius 2 is 1.69 bits per heavy atom. The van der Waals surface area contributed by atoms with E-state index in [0.29, 0.717) is 11.6 Å². The second-order valence-electron chi connectivity index (χ2n) is 5.79. The number of hydrogen-bond acceptors (Lipinski definition) is 3. The van der Waals surface area contributed by atoms with E-state index >= 15 is 0 Å². The average molecular weight is 386 g/mol. The third-order valence-electron chi connectivity index (χ3n) is 3.53. The van der Waals surface area contributed by atoms with Gasteiger partial charge in [-0.3, -0.25) is 9.52 Å². The van der Waals surface area contributed by atoms with Crippen LogP contribution in [0.25, 0.3) is 0 Å². The minimum atomic E-state index is -4.63. The first kappa shape index (κ1) is 19.8. The number of amides is 1. The van der Waals surface area contributed by atoms with E-state index in [4.69, 9.17) is 0 Å². The number of alkyl halides is 3. The van der Waals surface area contributed by atoms with Gasteiger partial charge < -0.3 is 4.90 Å². The van der Waals surface area contributed by atoms with Crippen molar-refractivity contribution in [1.82, 2.24) is 4.90 Å². The number of likely N-dealkylation sites (N-methyl/N-ethyl adjacent to an activating group) is 1. The third-order valence-corrected chi connectivity index (χ3v) is 4.91. The highest BCUT2D eigenvalue weighted by atomic mass is 32.2. The van der Waals surface area contributed by atoms with E-state index in [0.717, 1.165) is 18.2 Å². The van der Waals surface area contributed by atoms with E-state index in [2.05, 4.69) is 4.72 Å². The molecule has 0 saturated heterocycles. The van der Waals surface area contributed by atoms with Crippen molar-refractivity contribution in [1.29, 1.82) is 0 Å². The molecule has 0 aromatic heterocycles. The van der Waals surface area contributed by atoms with Crippen LogP contribution in [0.3, 0.4) is 0 Å². The number of halogens is 3. The fraction of sp³-hybridized carbons (Fsp3) is 0.235. The minimum absolute atomic E-state index is 0.109.